The molecule has 5 nitrogen and oxygen atoms in total. The van der Waals surface area contributed by atoms with Gasteiger partial charge in [0.2, 0.25) is 5.91 Å². The Balaban J connectivity index is 2.51. The standard InChI is InChI=1S/C11H13ClN4O/c1-7-2-4-14-11-10(7)15-9(6-12)16(11)5-3-8(13)17/h2,4H,3,5-6H2,1H3,(H2,13,17). The predicted molar refractivity (Wildman–Crippen MR) is 65.6 cm³/mol. The maximum atomic E-state index is 10.8. The number of nitrogens with zero attached hydrogens (tertiary/aromatic N) is 3. The number of imidazole rings is 1. The maximum Gasteiger partial charge on any atom is 0.219 e. The van der Waals surface area contributed by atoms with E-state index in [1.165, 1.54) is 0 Å². The van der Waals surface area contributed by atoms with E-state index in [2.05, 4.69) is 9.97 Å². The Bertz CT molecular complexity index is 564. The predicted octanol–water partition coefficient (Wildman–Crippen LogP) is 1.35. The topological polar surface area (TPSA) is 73.8 Å². The average molecular weight is 253 g/mol. The number of halogens is 1. The highest BCUT2D eigenvalue weighted by molar-refractivity contribution is 6.16. The molecule has 0 saturated carbocycles. The van der Waals surface area contributed by atoms with Crippen LogP contribution in [-0.4, -0.2) is 20.4 Å². The van der Waals surface area contributed by atoms with Gasteiger partial charge in [-0.05, 0) is 18.6 Å². The average Bonchev–Trinajstić information content (AvgIpc) is 2.66. The molecule has 0 fully saturated rings. The van der Waals surface area contributed by atoms with Gasteiger partial charge in [-0.25, -0.2) is 9.97 Å². The monoisotopic (exact) mass is 252 g/mol. The zero-order valence-electron chi connectivity index (χ0n) is 9.48. The fourth-order valence-corrected chi connectivity index (χ4v) is 1.95. The lowest BCUT2D eigenvalue weighted by Gasteiger charge is -2.04. The highest BCUT2D eigenvalue weighted by Crippen LogP contribution is 2.18. The van der Waals surface area contributed by atoms with E-state index in [1.807, 2.05) is 17.6 Å². The minimum absolute atomic E-state index is 0.255. The van der Waals surface area contributed by atoms with Crippen LogP contribution < -0.4 is 5.73 Å². The van der Waals surface area contributed by atoms with Crippen LogP contribution in [0.25, 0.3) is 11.2 Å². The van der Waals surface area contributed by atoms with Crippen molar-refractivity contribution in [1.29, 1.82) is 0 Å². The second kappa shape index (κ2) is 4.71. The van der Waals surface area contributed by atoms with Crippen molar-refractivity contribution in [2.75, 3.05) is 0 Å². The van der Waals surface area contributed by atoms with E-state index in [4.69, 9.17) is 17.3 Å². The van der Waals surface area contributed by atoms with Gasteiger partial charge in [-0.2, -0.15) is 0 Å². The SMILES string of the molecule is Cc1ccnc2c1nc(CCl)n2CCC(N)=O. The first-order chi connectivity index (χ1) is 8.13. The van der Waals surface area contributed by atoms with Crippen LogP contribution in [0.5, 0.6) is 0 Å². The van der Waals surface area contributed by atoms with Crippen molar-refractivity contribution in [2.45, 2.75) is 25.8 Å². The van der Waals surface area contributed by atoms with Crippen molar-refractivity contribution in [3.63, 3.8) is 0 Å². The summed E-state index contributed by atoms with van der Waals surface area (Å²) in [7, 11) is 0. The molecule has 0 atom stereocenters. The summed E-state index contributed by atoms with van der Waals surface area (Å²) in [6.45, 7) is 2.43. The van der Waals surface area contributed by atoms with Crippen molar-refractivity contribution < 1.29 is 4.79 Å². The summed E-state index contributed by atoms with van der Waals surface area (Å²) in [5.41, 5.74) is 7.77. The van der Waals surface area contributed by atoms with Crippen LogP contribution >= 0.6 is 11.6 Å². The number of alkyl halides is 1. The Morgan fingerprint density at radius 2 is 2.35 bits per heavy atom. The molecule has 0 unspecified atom stereocenters. The van der Waals surface area contributed by atoms with E-state index in [0.717, 1.165) is 16.7 Å². The highest BCUT2D eigenvalue weighted by atomic mass is 35.5. The molecule has 0 spiro atoms. The fraction of sp³-hybridized carbons (Fsp3) is 0.364. The normalized spacial score (nSPS) is 10.9. The van der Waals surface area contributed by atoms with E-state index < -0.39 is 0 Å². The van der Waals surface area contributed by atoms with Crippen LogP contribution in [0.3, 0.4) is 0 Å². The lowest BCUT2D eigenvalue weighted by Crippen LogP contribution is -2.15. The summed E-state index contributed by atoms with van der Waals surface area (Å²) in [5.74, 6) is 0.652. The molecule has 90 valence electrons. The Hall–Kier alpha value is -1.62. The van der Waals surface area contributed by atoms with Gasteiger partial charge >= 0.3 is 0 Å². The molecule has 0 aliphatic carbocycles. The second-order valence-corrected chi connectivity index (χ2v) is 4.10. The zero-order chi connectivity index (χ0) is 12.4. The van der Waals surface area contributed by atoms with Crippen LogP contribution in [0.1, 0.15) is 17.8 Å². The number of hydrogen-bond donors (Lipinski definition) is 1. The first kappa shape index (κ1) is 11.9. The molecule has 0 aromatic carbocycles. The number of aromatic nitrogens is 3. The van der Waals surface area contributed by atoms with Crippen molar-refractivity contribution in [3.8, 4) is 0 Å². The lowest BCUT2D eigenvalue weighted by atomic mass is 10.3. The van der Waals surface area contributed by atoms with Crippen LogP contribution in [0, 0.1) is 6.92 Å². The van der Waals surface area contributed by atoms with Crippen molar-refractivity contribution in [3.05, 3.63) is 23.7 Å². The number of nitrogens with two attached hydrogens (primary N) is 1. The van der Waals surface area contributed by atoms with Gasteiger partial charge in [0.25, 0.3) is 0 Å². The van der Waals surface area contributed by atoms with E-state index >= 15 is 0 Å². The van der Waals surface area contributed by atoms with Crippen LogP contribution in [0.2, 0.25) is 0 Å². The van der Waals surface area contributed by atoms with E-state index in [1.54, 1.807) is 6.20 Å². The summed E-state index contributed by atoms with van der Waals surface area (Å²) >= 11 is 5.84. The third kappa shape index (κ3) is 2.24. The molecular formula is C11H13ClN4O. The third-order valence-electron chi connectivity index (χ3n) is 2.62. The van der Waals surface area contributed by atoms with Gasteiger partial charge < -0.3 is 10.3 Å². The molecule has 0 saturated heterocycles. The summed E-state index contributed by atoms with van der Waals surface area (Å²) in [4.78, 5) is 19.5. The van der Waals surface area contributed by atoms with Gasteiger partial charge in [0.05, 0.1) is 5.88 Å². The molecule has 1 amide bonds. The minimum Gasteiger partial charge on any atom is -0.370 e. The fourth-order valence-electron chi connectivity index (χ4n) is 1.74. The van der Waals surface area contributed by atoms with Gasteiger partial charge in [0.15, 0.2) is 5.65 Å². The first-order valence-corrected chi connectivity index (χ1v) is 5.82. The number of amides is 1. The third-order valence-corrected chi connectivity index (χ3v) is 2.86. The number of carbonyl (C=O) groups is 1. The van der Waals surface area contributed by atoms with Crippen LogP contribution in [-0.2, 0) is 17.2 Å². The molecule has 0 aliphatic rings. The second-order valence-electron chi connectivity index (χ2n) is 3.83. The Morgan fingerprint density at radius 3 is 3.00 bits per heavy atom. The van der Waals surface area contributed by atoms with E-state index in [0.29, 0.717) is 12.4 Å². The number of carbonyl (C=O) groups excluding carboxylic acids is 1. The number of hydrogen-bond acceptors (Lipinski definition) is 3. The molecule has 2 heterocycles. The van der Waals surface area contributed by atoms with Crippen molar-refractivity contribution >= 4 is 28.7 Å². The smallest absolute Gasteiger partial charge is 0.219 e. The van der Waals surface area contributed by atoms with Crippen LogP contribution in [0.4, 0.5) is 0 Å². The van der Waals surface area contributed by atoms with E-state index in [9.17, 15) is 4.79 Å². The Kier molecular flexibility index (Phi) is 3.28. The number of pyridine rings is 1. The first-order valence-electron chi connectivity index (χ1n) is 5.28. The molecule has 0 bridgehead atoms. The molecule has 6 heteroatoms. The largest absolute Gasteiger partial charge is 0.370 e. The van der Waals surface area contributed by atoms with Gasteiger partial charge in [-0.1, -0.05) is 0 Å². The Morgan fingerprint density at radius 1 is 1.59 bits per heavy atom. The molecule has 0 radical (unpaired) electrons. The molecule has 17 heavy (non-hydrogen) atoms. The molecule has 2 aromatic rings. The summed E-state index contributed by atoms with van der Waals surface area (Å²) in [5, 5.41) is 0. The molecule has 0 aliphatic heterocycles. The lowest BCUT2D eigenvalue weighted by molar-refractivity contribution is -0.118. The van der Waals surface area contributed by atoms with Crippen molar-refractivity contribution in [1.82, 2.24) is 14.5 Å². The number of rotatable bonds is 4. The van der Waals surface area contributed by atoms with Gasteiger partial charge in [0.1, 0.15) is 11.3 Å². The molecule has 2 rings (SSSR count). The quantitative estimate of drug-likeness (QED) is 0.835. The highest BCUT2D eigenvalue weighted by Gasteiger charge is 2.12. The Labute approximate surface area is 104 Å². The van der Waals surface area contributed by atoms with Gasteiger partial charge in [-0.15, -0.1) is 11.6 Å². The maximum absolute atomic E-state index is 10.8. The number of fused-ring (bicyclic) bond motifs is 1. The summed E-state index contributed by atoms with van der Waals surface area (Å²) in [6, 6.07) is 1.89. The number of primary amides is 1. The minimum atomic E-state index is -0.347. The molecular weight excluding hydrogens is 240 g/mol. The van der Waals surface area contributed by atoms with Gasteiger partial charge in [-0.3, -0.25) is 4.79 Å². The van der Waals surface area contributed by atoms with E-state index in [-0.39, 0.29) is 18.2 Å². The zero-order valence-corrected chi connectivity index (χ0v) is 10.2. The van der Waals surface area contributed by atoms with Crippen LogP contribution in [0.15, 0.2) is 12.3 Å². The molecule has 2 N–H and O–H groups in total. The number of aryl methyl sites for hydroxylation is 2. The summed E-state index contributed by atoms with van der Waals surface area (Å²) < 4.78 is 1.85. The van der Waals surface area contributed by atoms with Crippen molar-refractivity contribution in [2.24, 2.45) is 5.73 Å². The van der Waals surface area contributed by atoms with Gasteiger partial charge in [0, 0.05) is 19.2 Å². The molecule has 2 aromatic heterocycles. The summed E-state index contributed by atoms with van der Waals surface area (Å²) in [6.07, 6.45) is 1.98.